The van der Waals surface area contributed by atoms with Gasteiger partial charge >= 0.3 is 5.97 Å². The van der Waals surface area contributed by atoms with Gasteiger partial charge in [0.25, 0.3) is 0 Å². The zero-order chi connectivity index (χ0) is 20.2. The van der Waals surface area contributed by atoms with Gasteiger partial charge in [-0.2, -0.15) is 4.39 Å². The Morgan fingerprint density at radius 1 is 1.04 bits per heavy atom. The number of ether oxygens (including phenoxy) is 1. The van der Waals surface area contributed by atoms with Crippen LogP contribution in [0.3, 0.4) is 0 Å². The molecule has 3 aliphatic carbocycles. The summed E-state index contributed by atoms with van der Waals surface area (Å²) in [5.74, 6) is -2.88. The van der Waals surface area contributed by atoms with E-state index >= 15 is 0 Å². The molecule has 0 unspecified atom stereocenters. The Hall–Kier alpha value is -1.71. The molecule has 0 saturated heterocycles. The molecule has 3 aliphatic rings. The second kappa shape index (κ2) is 8.75. The largest absolute Gasteiger partial charge is 0.420 e. The summed E-state index contributed by atoms with van der Waals surface area (Å²) < 4.78 is 34.6. The van der Waals surface area contributed by atoms with Crippen LogP contribution in [0.1, 0.15) is 90.0 Å². The zero-order valence-electron chi connectivity index (χ0n) is 17.2. The van der Waals surface area contributed by atoms with E-state index in [9.17, 15) is 13.6 Å². The zero-order valence-corrected chi connectivity index (χ0v) is 17.2. The van der Waals surface area contributed by atoms with E-state index in [1.54, 1.807) is 12.1 Å². The third-order valence-electron chi connectivity index (χ3n) is 6.99. The fraction of sp³-hybridized carbons (Fsp3) is 0.625. The van der Waals surface area contributed by atoms with Crippen molar-refractivity contribution in [2.24, 2.45) is 5.41 Å². The number of esters is 1. The van der Waals surface area contributed by atoms with Crippen LogP contribution in [0.2, 0.25) is 0 Å². The molecule has 4 heteroatoms. The van der Waals surface area contributed by atoms with Gasteiger partial charge < -0.3 is 4.74 Å². The fourth-order valence-electron chi connectivity index (χ4n) is 5.24. The van der Waals surface area contributed by atoms with Crippen LogP contribution in [0.25, 0.3) is 0 Å². The maximum atomic E-state index is 15.0. The summed E-state index contributed by atoms with van der Waals surface area (Å²) in [6.07, 6.45) is 14.2. The second-order valence-corrected chi connectivity index (χ2v) is 8.74. The van der Waals surface area contributed by atoms with E-state index in [1.807, 2.05) is 0 Å². The number of unbranched alkanes of at least 4 members (excludes halogenated alkanes) is 2. The number of carbonyl (C=O) groups excluding carboxylic acids is 1. The molecule has 0 aromatic heterocycles. The van der Waals surface area contributed by atoms with E-state index in [4.69, 9.17) is 4.74 Å². The molecule has 0 aliphatic heterocycles. The molecule has 0 spiro atoms. The molecule has 28 heavy (non-hydrogen) atoms. The molecule has 1 aromatic carbocycles. The van der Waals surface area contributed by atoms with Crippen molar-refractivity contribution in [1.82, 2.24) is 0 Å². The number of rotatable bonds is 8. The van der Waals surface area contributed by atoms with Gasteiger partial charge in [-0.05, 0) is 73.8 Å². The maximum Gasteiger partial charge on any atom is 0.335 e. The lowest BCUT2D eigenvalue weighted by Crippen LogP contribution is -2.44. The molecule has 0 radical (unpaired) electrons. The van der Waals surface area contributed by atoms with Gasteiger partial charge in [0.2, 0.25) is 5.82 Å². The van der Waals surface area contributed by atoms with E-state index in [2.05, 4.69) is 13.8 Å². The summed E-state index contributed by atoms with van der Waals surface area (Å²) in [6.45, 7) is 4.28. The molecular formula is C24H32F2O2. The molecule has 0 N–H and O–H groups in total. The van der Waals surface area contributed by atoms with Crippen LogP contribution in [0.4, 0.5) is 8.78 Å². The Kier molecular flexibility index (Phi) is 6.57. The van der Waals surface area contributed by atoms with Crippen LogP contribution >= 0.6 is 0 Å². The van der Waals surface area contributed by atoms with Crippen molar-refractivity contribution >= 4 is 5.97 Å². The van der Waals surface area contributed by atoms with Crippen LogP contribution in [0, 0.1) is 17.0 Å². The molecule has 0 amide bonds. The lowest BCUT2D eigenvalue weighted by Gasteiger charge is -2.54. The van der Waals surface area contributed by atoms with Gasteiger partial charge in [-0.25, -0.2) is 9.18 Å². The van der Waals surface area contributed by atoms with Gasteiger partial charge in [0, 0.05) is 6.08 Å². The van der Waals surface area contributed by atoms with E-state index in [1.165, 1.54) is 25.0 Å². The quantitative estimate of drug-likeness (QED) is 0.206. The average Bonchev–Trinajstić information content (AvgIpc) is 2.70. The van der Waals surface area contributed by atoms with Crippen LogP contribution < -0.4 is 4.74 Å². The topological polar surface area (TPSA) is 26.3 Å². The first-order chi connectivity index (χ1) is 13.5. The normalized spacial score (nSPS) is 26.7. The highest BCUT2D eigenvalue weighted by Crippen LogP contribution is 2.59. The van der Waals surface area contributed by atoms with Crippen molar-refractivity contribution in [2.75, 3.05) is 0 Å². The Labute approximate surface area is 167 Å². The monoisotopic (exact) mass is 390 g/mol. The summed E-state index contributed by atoms with van der Waals surface area (Å²) in [5, 5.41) is 0. The number of hydrogen-bond acceptors (Lipinski definition) is 2. The number of benzene rings is 1. The van der Waals surface area contributed by atoms with E-state index in [0.29, 0.717) is 11.0 Å². The Balaban J connectivity index is 1.73. The molecule has 4 rings (SSSR count). The molecule has 3 fully saturated rings. The summed E-state index contributed by atoms with van der Waals surface area (Å²) in [7, 11) is 0. The highest BCUT2D eigenvalue weighted by Gasteiger charge is 2.49. The van der Waals surface area contributed by atoms with Gasteiger partial charge in [0.1, 0.15) is 0 Å². The van der Waals surface area contributed by atoms with Crippen LogP contribution in [-0.2, 0) is 10.2 Å². The lowest BCUT2D eigenvalue weighted by molar-refractivity contribution is -0.129. The van der Waals surface area contributed by atoms with Gasteiger partial charge in [0.15, 0.2) is 11.6 Å². The predicted octanol–water partition coefficient (Wildman–Crippen LogP) is 7.01. The van der Waals surface area contributed by atoms with Crippen molar-refractivity contribution < 1.29 is 18.3 Å². The highest BCUT2D eigenvalue weighted by atomic mass is 19.2. The van der Waals surface area contributed by atoms with Crippen molar-refractivity contribution in [2.45, 2.75) is 89.9 Å². The van der Waals surface area contributed by atoms with Crippen molar-refractivity contribution in [3.8, 4) is 5.75 Å². The van der Waals surface area contributed by atoms with Gasteiger partial charge in [-0.1, -0.05) is 45.3 Å². The van der Waals surface area contributed by atoms with Gasteiger partial charge in [-0.3, -0.25) is 0 Å². The molecule has 1 aromatic rings. The summed E-state index contributed by atoms with van der Waals surface area (Å²) in [6, 6.07) is 3.06. The second-order valence-electron chi connectivity index (χ2n) is 8.74. The number of allylic oxidation sites excluding steroid dienone is 1. The van der Waals surface area contributed by atoms with Crippen LogP contribution in [-0.4, -0.2) is 5.97 Å². The molecule has 154 valence electrons. The minimum Gasteiger partial charge on any atom is -0.420 e. The molecule has 0 atom stereocenters. The first kappa shape index (κ1) is 21.0. The van der Waals surface area contributed by atoms with E-state index in [-0.39, 0.29) is 11.2 Å². The molecule has 0 heterocycles. The maximum absolute atomic E-state index is 15.0. The SMILES string of the molecule is CCCCC=CC(=O)Oc1ccc(C23CCC(CCC)(CC2)CC3)c(F)c1F. The summed E-state index contributed by atoms with van der Waals surface area (Å²) >= 11 is 0. The third kappa shape index (κ3) is 4.16. The molecule has 2 nitrogen and oxygen atoms in total. The lowest BCUT2D eigenvalue weighted by atomic mass is 9.51. The van der Waals surface area contributed by atoms with Crippen molar-refractivity contribution in [3.63, 3.8) is 0 Å². The van der Waals surface area contributed by atoms with Crippen LogP contribution in [0.15, 0.2) is 24.3 Å². The van der Waals surface area contributed by atoms with Crippen molar-refractivity contribution in [1.29, 1.82) is 0 Å². The van der Waals surface area contributed by atoms with Crippen molar-refractivity contribution in [3.05, 3.63) is 41.5 Å². The number of carbonyl (C=O) groups is 1. The minimum atomic E-state index is -1.04. The first-order valence-corrected chi connectivity index (χ1v) is 10.8. The Morgan fingerprint density at radius 2 is 1.71 bits per heavy atom. The molecule has 2 bridgehead atoms. The minimum absolute atomic E-state index is 0.261. The number of fused-ring (bicyclic) bond motifs is 3. The average molecular weight is 391 g/mol. The van der Waals surface area contributed by atoms with Gasteiger partial charge in [-0.15, -0.1) is 0 Å². The standard InChI is InChI=1S/C24H32F2O2/c1-3-5-6-7-8-20(27)28-19-10-9-18(21(25)22(19)26)24-15-12-23(11-4-2,13-16-24)14-17-24/h7-10H,3-6,11-17H2,1-2H3. The molecular weight excluding hydrogens is 358 g/mol. The van der Waals surface area contributed by atoms with Crippen LogP contribution in [0.5, 0.6) is 5.75 Å². The number of halogens is 2. The number of hydrogen-bond donors (Lipinski definition) is 0. The van der Waals surface area contributed by atoms with Gasteiger partial charge in [0.05, 0.1) is 0 Å². The Bertz CT molecular complexity index is 714. The summed E-state index contributed by atoms with van der Waals surface area (Å²) in [4.78, 5) is 11.9. The Morgan fingerprint density at radius 3 is 2.32 bits per heavy atom. The highest BCUT2D eigenvalue weighted by molar-refractivity contribution is 5.84. The predicted molar refractivity (Wildman–Crippen MR) is 107 cm³/mol. The van der Waals surface area contributed by atoms with E-state index in [0.717, 1.165) is 57.8 Å². The van der Waals surface area contributed by atoms with E-state index < -0.39 is 17.6 Å². The smallest absolute Gasteiger partial charge is 0.335 e. The third-order valence-corrected chi connectivity index (χ3v) is 6.99. The summed E-state index contributed by atoms with van der Waals surface area (Å²) in [5.41, 5.74) is 0.627. The molecule has 3 saturated carbocycles. The first-order valence-electron chi connectivity index (χ1n) is 10.8. The fourth-order valence-corrected chi connectivity index (χ4v) is 5.24.